The SMILES string of the molecule is O=S(=O)(CCl)N[C@H]1CCCC[C@@H]1O. The number of aliphatic hydroxyl groups is 1. The Labute approximate surface area is 83.3 Å². The van der Waals surface area contributed by atoms with Gasteiger partial charge in [0, 0.05) is 6.04 Å². The van der Waals surface area contributed by atoms with Crippen molar-refractivity contribution < 1.29 is 13.5 Å². The molecule has 0 aliphatic heterocycles. The predicted octanol–water partition coefficient (Wildman–Crippen LogP) is 0.406. The van der Waals surface area contributed by atoms with Crippen LogP contribution in [-0.4, -0.2) is 30.9 Å². The highest BCUT2D eigenvalue weighted by molar-refractivity contribution is 7.90. The first-order valence-electron chi connectivity index (χ1n) is 4.29. The first kappa shape index (κ1) is 11.2. The van der Waals surface area contributed by atoms with E-state index in [2.05, 4.69) is 4.72 Å². The van der Waals surface area contributed by atoms with Crippen molar-refractivity contribution >= 4 is 21.6 Å². The molecule has 2 atom stereocenters. The number of sulfonamides is 1. The highest BCUT2D eigenvalue weighted by Crippen LogP contribution is 2.18. The molecule has 0 aromatic heterocycles. The number of halogens is 1. The van der Waals surface area contributed by atoms with Crippen molar-refractivity contribution in [2.24, 2.45) is 0 Å². The van der Waals surface area contributed by atoms with E-state index in [1.807, 2.05) is 0 Å². The monoisotopic (exact) mass is 227 g/mol. The lowest BCUT2D eigenvalue weighted by atomic mass is 9.93. The average molecular weight is 228 g/mol. The Balaban J connectivity index is 2.52. The first-order chi connectivity index (χ1) is 6.05. The Hall–Kier alpha value is 0.160. The summed E-state index contributed by atoms with van der Waals surface area (Å²) in [5.41, 5.74) is 0. The second kappa shape index (κ2) is 4.59. The minimum atomic E-state index is -3.40. The van der Waals surface area contributed by atoms with E-state index < -0.39 is 21.3 Å². The summed E-state index contributed by atoms with van der Waals surface area (Å²) >= 11 is 5.23. The van der Waals surface area contributed by atoms with E-state index in [4.69, 9.17) is 11.6 Å². The molecule has 2 N–H and O–H groups in total. The van der Waals surface area contributed by atoms with Gasteiger partial charge in [-0.2, -0.15) is 0 Å². The zero-order chi connectivity index (χ0) is 9.90. The molecule has 0 radical (unpaired) electrons. The van der Waals surface area contributed by atoms with Gasteiger partial charge in [-0.1, -0.05) is 12.8 Å². The average Bonchev–Trinajstić information content (AvgIpc) is 2.09. The Morgan fingerprint density at radius 2 is 2.00 bits per heavy atom. The van der Waals surface area contributed by atoms with E-state index in [0.29, 0.717) is 12.8 Å². The summed E-state index contributed by atoms with van der Waals surface area (Å²) in [5.74, 6) is 0. The maximum Gasteiger partial charge on any atom is 0.225 e. The summed E-state index contributed by atoms with van der Waals surface area (Å²) in [6, 6.07) is -0.350. The van der Waals surface area contributed by atoms with Crippen LogP contribution in [0.3, 0.4) is 0 Å². The first-order valence-corrected chi connectivity index (χ1v) is 6.48. The molecular weight excluding hydrogens is 214 g/mol. The summed E-state index contributed by atoms with van der Waals surface area (Å²) in [6.07, 6.45) is 2.70. The number of alkyl halides is 1. The number of rotatable bonds is 3. The standard InChI is InChI=1S/C7H14ClNO3S/c8-5-13(11,12)9-6-3-1-2-4-7(6)10/h6-7,9-10H,1-5H2/t6-,7-/m0/s1. The highest BCUT2D eigenvalue weighted by Gasteiger charge is 2.26. The molecule has 1 aliphatic rings. The molecule has 6 heteroatoms. The third kappa shape index (κ3) is 3.42. The lowest BCUT2D eigenvalue weighted by Crippen LogP contribution is -2.45. The van der Waals surface area contributed by atoms with E-state index in [1.54, 1.807) is 0 Å². The minimum Gasteiger partial charge on any atom is -0.391 e. The molecule has 0 amide bonds. The van der Waals surface area contributed by atoms with E-state index in [0.717, 1.165) is 12.8 Å². The van der Waals surface area contributed by atoms with E-state index in [-0.39, 0.29) is 6.04 Å². The molecule has 0 spiro atoms. The number of aliphatic hydroxyl groups excluding tert-OH is 1. The normalized spacial score (nSPS) is 30.3. The molecule has 1 aliphatic carbocycles. The summed E-state index contributed by atoms with van der Waals surface area (Å²) in [4.78, 5) is 0. The molecule has 13 heavy (non-hydrogen) atoms. The Bertz CT molecular complexity index is 254. The zero-order valence-corrected chi connectivity index (χ0v) is 8.81. The van der Waals surface area contributed by atoms with Crippen molar-refractivity contribution in [1.29, 1.82) is 0 Å². The van der Waals surface area contributed by atoms with Crippen LogP contribution >= 0.6 is 11.6 Å². The van der Waals surface area contributed by atoms with Gasteiger partial charge in [-0.05, 0) is 12.8 Å². The largest absolute Gasteiger partial charge is 0.391 e. The van der Waals surface area contributed by atoms with E-state index >= 15 is 0 Å². The molecule has 0 aromatic carbocycles. The van der Waals surface area contributed by atoms with Crippen LogP contribution in [0.2, 0.25) is 0 Å². The summed E-state index contributed by atoms with van der Waals surface area (Å²) in [5, 5.41) is 9.01. The van der Waals surface area contributed by atoms with Gasteiger partial charge in [0.15, 0.2) is 0 Å². The van der Waals surface area contributed by atoms with Gasteiger partial charge >= 0.3 is 0 Å². The van der Waals surface area contributed by atoms with Crippen LogP contribution in [0.1, 0.15) is 25.7 Å². The van der Waals surface area contributed by atoms with Crippen molar-refractivity contribution in [3.05, 3.63) is 0 Å². The quantitative estimate of drug-likeness (QED) is 0.687. The van der Waals surface area contributed by atoms with Crippen molar-refractivity contribution in [1.82, 2.24) is 4.72 Å². The second-order valence-corrected chi connectivity index (χ2v) is 5.64. The van der Waals surface area contributed by atoms with Gasteiger partial charge in [-0.25, -0.2) is 13.1 Å². The lowest BCUT2D eigenvalue weighted by Gasteiger charge is -2.27. The summed E-state index contributed by atoms with van der Waals surface area (Å²) < 4.78 is 24.5. The van der Waals surface area contributed by atoms with Crippen molar-refractivity contribution in [3.63, 3.8) is 0 Å². The van der Waals surface area contributed by atoms with Crippen molar-refractivity contribution in [3.8, 4) is 0 Å². The van der Waals surface area contributed by atoms with Gasteiger partial charge in [0.25, 0.3) is 0 Å². The predicted molar refractivity (Wildman–Crippen MR) is 51.0 cm³/mol. The van der Waals surface area contributed by atoms with Gasteiger partial charge in [0.2, 0.25) is 10.0 Å². The minimum absolute atomic E-state index is 0.350. The molecule has 1 rings (SSSR count). The number of hydrogen-bond acceptors (Lipinski definition) is 3. The zero-order valence-electron chi connectivity index (χ0n) is 7.24. The highest BCUT2D eigenvalue weighted by atomic mass is 35.5. The third-order valence-corrected chi connectivity index (χ3v) is 4.02. The molecule has 0 saturated heterocycles. The fraction of sp³-hybridized carbons (Fsp3) is 1.00. The molecule has 0 unspecified atom stereocenters. The van der Waals surface area contributed by atoms with Crippen LogP contribution in [0.15, 0.2) is 0 Å². The third-order valence-electron chi connectivity index (χ3n) is 2.20. The molecule has 4 nitrogen and oxygen atoms in total. The van der Waals surface area contributed by atoms with Gasteiger partial charge in [0.05, 0.1) is 6.10 Å². The second-order valence-electron chi connectivity index (χ2n) is 3.30. The Kier molecular flexibility index (Phi) is 3.97. The maximum atomic E-state index is 11.1. The van der Waals surface area contributed by atoms with Gasteiger partial charge < -0.3 is 5.11 Å². The fourth-order valence-electron chi connectivity index (χ4n) is 1.51. The Morgan fingerprint density at radius 3 is 2.54 bits per heavy atom. The molecular formula is C7H14ClNO3S. The molecule has 1 fully saturated rings. The number of hydrogen-bond donors (Lipinski definition) is 2. The Morgan fingerprint density at radius 1 is 1.38 bits per heavy atom. The van der Waals surface area contributed by atoms with Crippen molar-refractivity contribution in [2.45, 2.75) is 37.8 Å². The van der Waals surface area contributed by atoms with E-state index in [9.17, 15) is 13.5 Å². The van der Waals surface area contributed by atoms with Crippen LogP contribution in [0.5, 0.6) is 0 Å². The maximum absolute atomic E-state index is 11.1. The van der Waals surface area contributed by atoms with Crippen LogP contribution in [-0.2, 0) is 10.0 Å². The fourth-order valence-corrected chi connectivity index (χ4v) is 2.50. The van der Waals surface area contributed by atoms with Crippen LogP contribution in [0, 0.1) is 0 Å². The smallest absolute Gasteiger partial charge is 0.225 e. The molecule has 1 saturated carbocycles. The summed E-state index contributed by atoms with van der Waals surface area (Å²) in [6.45, 7) is 0. The van der Waals surface area contributed by atoms with Crippen LogP contribution in [0.4, 0.5) is 0 Å². The molecule has 0 aromatic rings. The van der Waals surface area contributed by atoms with Gasteiger partial charge in [-0.3, -0.25) is 0 Å². The van der Waals surface area contributed by atoms with Gasteiger partial charge in [0.1, 0.15) is 5.21 Å². The molecule has 0 bridgehead atoms. The van der Waals surface area contributed by atoms with Crippen molar-refractivity contribution in [2.75, 3.05) is 5.21 Å². The topological polar surface area (TPSA) is 66.4 Å². The molecule has 0 heterocycles. The van der Waals surface area contributed by atoms with E-state index in [1.165, 1.54) is 0 Å². The lowest BCUT2D eigenvalue weighted by molar-refractivity contribution is 0.101. The van der Waals surface area contributed by atoms with Crippen LogP contribution < -0.4 is 4.72 Å². The van der Waals surface area contributed by atoms with Crippen LogP contribution in [0.25, 0.3) is 0 Å². The summed E-state index contributed by atoms with van der Waals surface area (Å²) in [7, 11) is -3.40. The molecule has 78 valence electrons. The number of nitrogens with one attached hydrogen (secondary N) is 1. The van der Waals surface area contributed by atoms with Gasteiger partial charge in [-0.15, -0.1) is 11.6 Å².